The van der Waals surface area contributed by atoms with E-state index in [2.05, 4.69) is 10.0 Å². The number of hydrogen-bond donors (Lipinski definition) is 0. The van der Waals surface area contributed by atoms with Crippen LogP contribution in [0.15, 0.2) is 29.4 Å². The Labute approximate surface area is 92.3 Å². The predicted molar refractivity (Wildman–Crippen MR) is 58.8 cm³/mol. The van der Waals surface area contributed by atoms with Gasteiger partial charge in [0.2, 0.25) is 0 Å². The Hall–Kier alpha value is -2.31. The summed E-state index contributed by atoms with van der Waals surface area (Å²) in [6.07, 6.45) is 3.95. The second kappa shape index (κ2) is 6.23. The van der Waals surface area contributed by atoms with Crippen LogP contribution < -0.4 is 0 Å². The number of nitriles is 1. The molecule has 0 aliphatic heterocycles. The first-order valence-electron chi connectivity index (χ1n) is 4.65. The van der Waals surface area contributed by atoms with Gasteiger partial charge < -0.3 is 0 Å². The molecule has 80 valence electrons. The van der Waals surface area contributed by atoms with E-state index in [1.165, 1.54) is 18.2 Å². The summed E-state index contributed by atoms with van der Waals surface area (Å²) in [4.78, 5) is 2.61. The van der Waals surface area contributed by atoms with Gasteiger partial charge in [0.25, 0.3) is 0 Å². The van der Waals surface area contributed by atoms with Crippen LogP contribution in [0.5, 0.6) is 0 Å². The molecule has 0 aromatic heterocycles. The minimum Gasteiger partial charge on any atom is -0.207 e. The summed E-state index contributed by atoms with van der Waals surface area (Å²) in [6.45, 7) is 0.351. The van der Waals surface area contributed by atoms with Gasteiger partial charge in [0.05, 0.1) is 11.6 Å². The Morgan fingerprint density at radius 2 is 2.38 bits per heavy atom. The van der Waals surface area contributed by atoms with E-state index in [1.807, 2.05) is 6.07 Å². The first kappa shape index (κ1) is 11.8. The van der Waals surface area contributed by atoms with E-state index in [1.54, 1.807) is 12.2 Å². The summed E-state index contributed by atoms with van der Waals surface area (Å²) < 4.78 is 12.9. The van der Waals surface area contributed by atoms with Gasteiger partial charge in [0, 0.05) is 11.5 Å². The van der Waals surface area contributed by atoms with Gasteiger partial charge in [-0.1, -0.05) is 17.3 Å². The molecular formula is C11H9FN4. The number of halogens is 1. The number of azide groups is 1. The van der Waals surface area contributed by atoms with E-state index >= 15 is 0 Å². The zero-order valence-electron chi connectivity index (χ0n) is 8.47. The lowest BCUT2D eigenvalue weighted by atomic mass is 10.1. The minimum atomic E-state index is -0.381. The summed E-state index contributed by atoms with van der Waals surface area (Å²) in [6, 6.07) is 5.95. The third kappa shape index (κ3) is 3.45. The van der Waals surface area contributed by atoms with Crippen molar-refractivity contribution in [2.45, 2.75) is 6.42 Å². The Balaban J connectivity index is 2.76. The van der Waals surface area contributed by atoms with Crippen LogP contribution in [-0.4, -0.2) is 6.54 Å². The first-order chi connectivity index (χ1) is 7.77. The highest BCUT2D eigenvalue weighted by atomic mass is 19.1. The Bertz CT molecular complexity index is 481. The van der Waals surface area contributed by atoms with Crippen molar-refractivity contribution < 1.29 is 4.39 Å². The normalized spacial score (nSPS) is 9.75. The molecule has 0 spiro atoms. The van der Waals surface area contributed by atoms with Gasteiger partial charge >= 0.3 is 0 Å². The maximum atomic E-state index is 12.9. The molecule has 1 rings (SSSR count). The van der Waals surface area contributed by atoms with Crippen molar-refractivity contribution in [1.29, 1.82) is 5.26 Å². The smallest absolute Gasteiger partial charge is 0.123 e. The molecule has 0 bridgehead atoms. The zero-order chi connectivity index (χ0) is 11.8. The van der Waals surface area contributed by atoms with E-state index in [0.717, 1.165) is 0 Å². The molecule has 0 saturated heterocycles. The van der Waals surface area contributed by atoms with Crippen molar-refractivity contribution in [2.75, 3.05) is 6.54 Å². The molecule has 16 heavy (non-hydrogen) atoms. The lowest BCUT2D eigenvalue weighted by Gasteiger charge is -1.97. The molecule has 1 aromatic carbocycles. The number of hydrogen-bond acceptors (Lipinski definition) is 2. The van der Waals surface area contributed by atoms with Crippen LogP contribution in [0.3, 0.4) is 0 Å². The highest BCUT2D eigenvalue weighted by Gasteiger charge is 1.99. The monoisotopic (exact) mass is 216 g/mol. The predicted octanol–water partition coefficient (Wildman–Crippen LogP) is 3.41. The SMILES string of the molecule is N#Cc1ccc(F)cc1C=CCCN=[N+]=[N-]. The Morgan fingerprint density at radius 3 is 3.06 bits per heavy atom. The lowest BCUT2D eigenvalue weighted by Crippen LogP contribution is -1.84. The van der Waals surface area contributed by atoms with Gasteiger partial charge in [0.1, 0.15) is 5.82 Å². The minimum absolute atomic E-state index is 0.351. The molecule has 0 unspecified atom stereocenters. The third-order valence-corrected chi connectivity index (χ3v) is 1.89. The molecule has 0 amide bonds. The molecule has 0 aliphatic rings. The van der Waals surface area contributed by atoms with Gasteiger partial charge in [-0.25, -0.2) is 4.39 Å². The maximum Gasteiger partial charge on any atom is 0.123 e. The highest BCUT2D eigenvalue weighted by molar-refractivity contribution is 5.57. The van der Waals surface area contributed by atoms with Crippen molar-refractivity contribution in [2.24, 2.45) is 5.11 Å². The standard InChI is InChI=1S/C11H9FN4/c12-11-5-4-10(8-13)9(7-11)3-1-2-6-15-16-14/h1,3-5,7H,2,6H2. The van der Waals surface area contributed by atoms with Crippen LogP contribution in [0.4, 0.5) is 4.39 Å². The first-order valence-corrected chi connectivity index (χ1v) is 4.65. The summed E-state index contributed by atoms with van der Waals surface area (Å²) in [5.74, 6) is -0.381. The fraction of sp³-hybridized carbons (Fsp3) is 0.182. The van der Waals surface area contributed by atoms with E-state index in [4.69, 9.17) is 10.8 Å². The van der Waals surface area contributed by atoms with E-state index in [9.17, 15) is 4.39 Å². The molecule has 0 fully saturated rings. The molecule has 4 nitrogen and oxygen atoms in total. The summed E-state index contributed by atoms with van der Waals surface area (Å²) in [7, 11) is 0. The van der Waals surface area contributed by atoms with E-state index < -0.39 is 0 Å². The second-order valence-electron chi connectivity index (χ2n) is 2.99. The molecule has 0 N–H and O–H groups in total. The molecule has 5 heteroatoms. The largest absolute Gasteiger partial charge is 0.207 e. The molecule has 0 saturated carbocycles. The van der Waals surface area contributed by atoms with Crippen molar-refractivity contribution >= 4 is 6.08 Å². The molecule has 0 aliphatic carbocycles. The van der Waals surface area contributed by atoms with Gasteiger partial charge in [-0.05, 0) is 35.7 Å². The highest BCUT2D eigenvalue weighted by Crippen LogP contribution is 2.12. The summed E-state index contributed by atoms with van der Waals surface area (Å²) in [5, 5.41) is 12.1. The number of rotatable bonds is 4. The molecule has 0 heterocycles. The van der Waals surface area contributed by atoms with Crippen molar-refractivity contribution in [1.82, 2.24) is 0 Å². The van der Waals surface area contributed by atoms with Crippen LogP contribution in [0, 0.1) is 17.1 Å². The van der Waals surface area contributed by atoms with Gasteiger partial charge in [-0.15, -0.1) is 0 Å². The quantitative estimate of drug-likeness (QED) is 0.329. The van der Waals surface area contributed by atoms with Gasteiger partial charge in [0.15, 0.2) is 0 Å². The lowest BCUT2D eigenvalue weighted by molar-refractivity contribution is 0.627. The fourth-order valence-electron chi connectivity index (χ4n) is 1.16. The third-order valence-electron chi connectivity index (χ3n) is 1.89. The molecule has 0 radical (unpaired) electrons. The van der Waals surface area contributed by atoms with Gasteiger partial charge in [-0.2, -0.15) is 5.26 Å². The average molecular weight is 216 g/mol. The zero-order valence-corrected chi connectivity index (χ0v) is 8.47. The number of nitrogens with zero attached hydrogens (tertiary/aromatic N) is 4. The van der Waals surface area contributed by atoms with Gasteiger partial charge in [-0.3, -0.25) is 0 Å². The maximum absolute atomic E-state index is 12.9. The van der Waals surface area contributed by atoms with Crippen LogP contribution in [0.2, 0.25) is 0 Å². The summed E-state index contributed by atoms with van der Waals surface area (Å²) >= 11 is 0. The van der Waals surface area contributed by atoms with Crippen LogP contribution in [0.1, 0.15) is 17.5 Å². The Kier molecular flexibility index (Phi) is 4.58. The second-order valence-corrected chi connectivity index (χ2v) is 2.99. The summed E-state index contributed by atoms with van der Waals surface area (Å²) in [5.41, 5.74) is 8.99. The van der Waals surface area contributed by atoms with Crippen molar-refractivity contribution in [3.05, 3.63) is 51.7 Å². The topological polar surface area (TPSA) is 72.5 Å². The van der Waals surface area contributed by atoms with Crippen molar-refractivity contribution in [3.63, 3.8) is 0 Å². The molecular weight excluding hydrogens is 207 g/mol. The number of benzene rings is 1. The molecule has 1 aromatic rings. The van der Waals surface area contributed by atoms with Crippen LogP contribution >= 0.6 is 0 Å². The average Bonchev–Trinajstić information content (AvgIpc) is 2.29. The van der Waals surface area contributed by atoms with Crippen molar-refractivity contribution in [3.8, 4) is 6.07 Å². The van der Waals surface area contributed by atoms with E-state index in [0.29, 0.717) is 24.1 Å². The Morgan fingerprint density at radius 1 is 1.56 bits per heavy atom. The van der Waals surface area contributed by atoms with Crippen LogP contribution in [-0.2, 0) is 0 Å². The fourth-order valence-corrected chi connectivity index (χ4v) is 1.16. The van der Waals surface area contributed by atoms with Crippen LogP contribution in [0.25, 0.3) is 16.5 Å². The molecule has 0 atom stereocenters. The van der Waals surface area contributed by atoms with E-state index in [-0.39, 0.29) is 5.82 Å².